The highest BCUT2D eigenvalue weighted by Gasteiger charge is 2.16. The molecule has 13 heavy (non-hydrogen) atoms. The lowest BCUT2D eigenvalue weighted by Gasteiger charge is -2.08. The van der Waals surface area contributed by atoms with Crippen molar-refractivity contribution in [3.8, 4) is 5.75 Å². The third kappa shape index (κ3) is 1.80. The van der Waals surface area contributed by atoms with E-state index in [9.17, 15) is 4.79 Å². The van der Waals surface area contributed by atoms with Gasteiger partial charge in [-0.15, -0.1) is 0 Å². The molecule has 1 aromatic rings. The predicted octanol–water partition coefficient (Wildman–Crippen LogP) is 1.86. The number of carbonyl (C=O) groups is 1. The van der Waals surface area contributed by atoms with Gasteiger partial charge in [0.1, 0.15) is 0 Å². The summed E-state index contributed by atoms with van der Waals surface area (Å²) in [5.41, 5.74) is 0.665. The number of aromatic nitrogens is 1. The van der Waals surface area contributed by atoms with Gasteiger partial charge in [-0.2, -0.15) is 0 Å². The number of rotatable bonds is 2. The Balaban J connectivity index is 3.38. The molecule has 0 amide bonds. The molecule has 0 saturated heterocycles. The predicted molar refractivity (Wildman–Crippen MR) is 50.2 cm³/mol. The molecular weight excluding hydrogens is 238 g/mol. The fourth-order valence-electron chi connectivity index (χ4n) is 0.965. The zero-order valence-electron chi connectivity index (χ0n) is 7.17. The van der Waals surface area contributed by atoms with E-state index in [1.54, 1.807) is 6.92 Å². The van der Waals surface area contributed by atoms with Crippen molar-refractivity contribution in [3.63, 3.8) is 0 Å². The van der Waals surface area contributed by atoms with Crippen molar-refractivity contribution in [1.29, 1.82) is 0 Å². The number of aromatic carboxylic acids is 1. The summed E-state index contributed by atoms with van der Waals surface area (Å²) in [7, 11) is 1.42. The van der Waals surface area contributed by atoms with Gasteiger partial charge in [0.2, 0.25) is 0 Å². The van der Waals surface area contributed by atoms with Crippen LogP contribution in [0.5, 0.6) is 5.75 Å². The van der Waals surface area contributed by atoms with Crippen molar-refractivity contribution < 1.29 is 14.6 Å². The van der Waals surface area contributed by atoms with E-state index in [0.717, 1.165) is 10.0 Å². The molecule has 1 rings (SSSR count). The maximum atomic E-state index is 10.7. The Hall–Kier alpha value is -1.10. The summed E-state index contributed by atoms with van der Waals surface area (Å²) < 4.78 is 5.68. The van der Waals surface area contributed by atoms with Gasteiger partial charge in [-0.1, -0.05) is 0 Å². The Bertz CT molecular complexity index is 351. The van der Waals surface area contributed by atoms with Crippen molar-refractivity contribution in [2.75, 3.05) is 7.11 Å². The van der Waals surface area contributed by atoms with Crippen LogP contribution >= 0.6 is 15.9 Å². The first-order valence-electron chi connectivity index (χ1n) is 3.50. The molecule has 1 N–H and O–H groups in total. The Morgan fingerprint density at radius 3 is 2.77 bits per heavy atom. The molecule has 70 valence electrons. The number of halogens is 1. The van der Waals surface area contributed by atoms with Crippen LogP contribution < -0.4 is 4.74 Å². The molecule has 0 spiro atoms. The molecule has 1 heterocycles. The molecular formula is C8H8BrNO3. The Kier molecular flexibility index (Phi) is 2.87. The number of hydrogen-bond acceptors (Lipinski definition) is 3. The first kappa shape index (κ1) is 9.98. The van der Waals surface area contributed by atoms with Crippen molar-refractivity contribution >= 4 is 21.9 Å². The normalized spacial score (nSPS) is 9.77. The van der Waals surface area contributed by atoms with E-state index in [1.807, 2.05) is 0 Å². The largest absolute Gasteiger partial charge is 0.494 e. The maximum absolute atomic E-state index is 10.7. The quantitative estimate of drug-likeness (QED) is 0.865. The summed E-state index contributed by atoms with van der Waals surface area (Å²) in [6.45, 7) is 1.76. The Labute approximate surface area is 83.7 Å². The zero-order chi connectivity index (χ0) is 10.0. The zero-order valence-corrected chi connectivity index (χ0v) is 8.75. The van der Waals surface area contributed by atoms with Crippen LogP contribution in [0.2, 0.25) is 0 Å². The summed E-state index contributed by atoms with van der Waals surface area (Å²) in [6.07, 6.45) is 1.45. The van der Waals surface area contributed by atoms with E-state index >= 15 is 0 Å². The van der Waals surface area contributed by atoms with Crippen LogP contribution in [0.15, 0.2) is 10.7 Å². The molecule has 0 aliphatic carbocycles. The van der Waals surface area contributed by atoms with Crippen LogP contribution in [0.25, 0.3) is 0 Å². The number of carboxylic acid groups (broad SMARTS) is 1. The van der Waals surface area contributed by atoms with Crippen LogP contribution in [0.3, 0.4) is 0 Å². The van der Waals surface area contributed by atoms with Crippen molar-refractivity contribution in [2.45, 2.75) is 6.92 Å². The number of carboxylic acids is 1. The molecule has 0 fully saturated rings. The van der Waals surface area contributed by atoms with Crippen LogP contribution in [0.4, 0.5) is 0 Å². The molecule has 1 aromatic heterocycles. The molecule has 0 unspecified atom stereocenters. The van der Waals surface area contributed by atoms with Crippen LogP contribution in [0.1, 0.15) is 16.1 Å². The standard InChI is InChI=1S/C8H8BrNO3/c1-4-5(9)3-10-6(8(11)12)7(4)13-2/h3H,1-2H3,(H,11,12). The highest BCUT2D eigenvalue weighted by molar-refractivity contribution is 9.10. The molecule has 0 bridgehead atoms. The van der Waals surface area contributed by atoms with E-state index in [0.29, 0.717) is 5.75 Å². The second-order valence-corrected chi connectivity index (χ2v) is 3.27. The monoisotopic (exact) mass is 245 g/mol. The van der Waals surface area contributed by atoms with E-state index in [2.05, 4.69) is 20.9 Å². The van der Waals surface area contributed by atoms with Gasteiger partial charge in [0, 0.05) is 16.2 Å². The van der Waals surface area contributed by atoms with Gasteiger partial charge >= 0.3 is 5.97 Å². The highest BCUT2D eigenvalue weighted by atomic mass is 79.9. The summed E-state index contributed by atoms with van der Waals surface area (Å²) in [5.74, 6) is -0.797. The molecule has 0 saturated carbocycles. The molecule has 4 nitrogen and oxygen atoms in total. The van der Waals surface area contributed by atoms with Crippen molar-refractivity contribution in [1.82, 2.24) is 4.98 Å². The summed E-state index contributed by atoms with van der Waals surface area (Å²) in [6, 6.07) is 0. The van der Waals surface area contributed by atoms with E-state index < -0.39 is 5.97 Å². The fraction of sp³-hybridized carbons (Fsp3) is 0.250. The molecule has 0 aliphatic heterocycles. The average molecular weight is 246 g/mol. The lowest BCUT2D eigenvalue weighted by Crippen LogP contribution is -2.05. The number of nitrogens with zero attached hydrogens (tertiary/aromatic N) is 1. The number of pyridine rings is 1. The number of ether oxygens (including phenoxy) is 1. The van der Waals surface area contributed by atoms with Gasteiger partial charge in [-0.25, -0.2) is 9.78 Å². The second kappa shape index (κ2) is 3.74. The van der Waals surface area contributed by atoms with Crippen LogP contribution in [-0.2, 0) is 0 Å². The molecule has 0 aromatic carbocycles. The second-order valence-electron chi connectivity index (χ2n) is 2.42. The summed E-state index contributed by atoms with van der Waals surface area (Å²) >= 11 is 3.23. The van der Waals surface area contributed by atoms with Gasteiger partial charge in [-0.05, 0) is 22.9 Å². The van der Waals surface area contributed by atoms with Gasteiger partial charge in [0.05, 0.1) is 7.11 Å². The summed E-state index contributed by atoms with van der Waals surface area (Å²) in [5, 5.41) is 8.75. The number of methoxy groups -OCH3 is 1. The Morgan fingerprint density at radius 1 is 1.69 bits per heavy atom. The minimum atomic E-state index is -1.09. The fourth-order valence-corrected chi connectivity index (χ4v) is 1.25. The lowest BCUT2D eigenvalue weighted by atomic mass is 10.2. The van der Waals surface area contributed by atoms with Crippen molar-refractivity contribution in [2.24, 2.45) is 0 Å². The first-order valence-corrected chi connectivity index (χ1v) is 4.29. The lowest BCUT2D eigenvalue weighted by molar-refractivity contribution is 0.0686. The minimum Gasteiger partial charge on any atom is -0.494 e. The third-order valence-corrected chi connectivity index (χ3v) is 2.43. The maximum Gasteiger partial charge on any atom is 0.358 e. The average Bonchev–Trinajstić information content (AvgIpc) is 2.09. The van der Waals surface area contributed by atoms with Crippen LogP contribution in [0, 0.1) is 6.92 Å². The highest BCUT2D eigenvalue weighted by Crippen LogP contribution is 2.27. The number of hydrogen-bond donors (Lipinski definition) is 1. The van der Waals surface area contributed by atoms with Crippen LogP contribution in [-0.4, -0.2) is 23.2 Å². The third-order valence-electron chi connectivity index (χ3n) is 1.63. The molecule has 0 aliphatic rings. The molecule has 5 heteroatoms. The topological polar surface area (TPSA) is 59.4 Å². The van der Waals surface area contributed by atoms with E-state index in [4.69, 9.17) is 9.84 Å². The van der Waals surface area contributed by atoms with Gasteiger partial charge in [0.15, 0.2) is 11.4 Å². The summed E-state index contributed by atoms with van der Waals surface area (Å²) in [4.78, 5) is 14.4. The molecule has 0 radical (unpaired) electrons. The molecule has 0 atom stereocenters. The SMILES string of the molecule is COc1c(C(=O)O)ncc(Br)c1C. The first-order chi connectivity index (χ1) is 6.07. The van der Waals surface area contributed by atoms with Crippen molar-refractivity contribution in [3.05, 3.63) is 21.9 Å². The van der Waals surface area contributed by atoms with Gasteiger partial charge < -0.3 is 9.84 Å². The smallest absolute Gasteiger partial charge is 0.358 e. The minimum absolute atomic E-state index is 0.0665. The Morgan fingerprint density at radius 2 is 2.31 bits per heavy atom. The van der Waals surface area contributed by atoms with E-state index in [-0.39, 0.29) is 5.69 Å². The van der Waals surface area contributed by atoms with Gasteiger partial charge in [-0.3, -0.25) is 0 Å². The van der Waals surface area contributed by atoms with E-state index in [1.165, 1.54) is 13.3 Å². The van der Waals surface area contributed by atoms with Gasteiger partial charge in [0.25, 0.3) is 0 Å².